The smallest absolute Gasteiger partial charge is 0.262 e. The van der Waals surface area contributed by atoms with Crippen LogP contribution in [0, 0.1) is 0 Å². The van der Waals surface area contributed by atoms with Gasteiger partial charge in [0, 0.05) is 6.20 Å². The number of primary amides is 1. The van der Waals surface area contributed by atoms with Gasteiger partial charge in [0.1, 0.15) is 5.92 Å². The first-order valence-corrected chi connectivity index (χ1v) is 9.87. The van der Waals surface area contributed by atoms with Crippen LogP contribution in [0.1, 0.15) is 43.9 Å². The molecule has 1 aromatic heterocycles. The van der Waals surface area contributed by atoms with E-state index in [9.17, 15) is 14.4 Å². The van der Waals surface area contributed by atoms with E-state index in [1.165, 1.54) is 20.4 Å². The maximum absolute atomic E-state index is 13.3. The van der Waals surface area contributed by atoms with Crippen molar-refractivity contribution in [3.8, 4) is 11.5 Å². The lowest BCUT2D eigenvalue weighted by molar-refractivity contribution is -0.120. The highest BCUT2D eigenvalue weighted by atomic mass is 16.5. The van der Waals surface area contributed by atoms with Crippen molar-refractivity contribution in [1.29, 1.82) is 0 Å². The molecule has 3 amide bonds. The highest BCUT2D eigenvalue weighted by Gasteiger charge is 2.46. The van der Waals surface area contributed by atoms with E-state index < -0.39 is 29.7 Å². The van der Waals surface area contributed by atoms with E-state index in [0.29, 0.717) is 22.8 Å². The topological polar surface area (TPSA) is 112 Å². The molecule has 2 heterocycles. The summed E-state index contributed by atoms with van der Waals surface area (Å²) in [7, 11) is 2.97. The summed E-state index contributed by atoms with van der Waals surface area (Å²) in [5, 5.41) is 0. The molecular weight excluding hydrogens is 410 g/mol. The van der Waals surface area contributed by atoms with Gasteiger partial charge < -0.3 is 15.2 Å². The molecule has 32 heavy (non-hydrogen) atoms. The molecule has 4 rings (SSSR count). The second-order valence-electron chi connectivity index (χ2n) is 7.22. The minimum atomic E-state index is -1.09. The molecule has 0 saturated carbocycles. The summed E-state index contributed by atoms with van der Waals surface area (Å²) in [6.45, 7) is 0. The summed E-state index contributed by atoms with van der Waals surface area (Å²) in [6, 6.07) is 15.5. The van der Waals surface area contributed by atoms with Gasteiger partial charge in [-0.25, -0.2) is 0 Å². The van der Waals surface area contributed by atoms with E-state index in [-0.39, 0.29) is 11.1 Å². The van der Waals surface area contributed by atoms with Crippen LogP contribution in [-0.2, 0) is 4.79 Å². The van der Waals surface area contributed by atoms with Crippen molar-refractivity contribution >= 4 is 17.7 Å². The number of nitrogens with two attached hydrogens (primary N) is 1. The van der Waals surface area contributed by atoms with Gasteiger partial charge in [0.05, 0.1) is 37.1 Å². The number of methoxy groups -OCH3 is 2. The van der Waals surface area contributed by atoms with Crippen LogP contribution < -0.4 is 15.2 Å². The summed E-state index contributed by atoms with van der Waals surface area (Å²) in [5.41, 5.74) is 7.18. The molecule has 3 aromatic rings. The SMILES string of the molecule is COc1ccc(C(C(C(N)=O)c2ccccn2)N2C(=O)c3ccccc3C2=O)cc1OC. The van der Waals surface area contributed by atoms with Crippen LogP contribution in [0.15, 0.2) is 66.9 Å². The van der Waals surface area contributed by atoms with Gasteiger partial charge in [-0.2, -0.15) is 0 Å². The van der Waals surface area contributed by atoms with Gasteiger partial charge >= 0.3 is 0 Å². The van der Waals surface area contributed by atoms with Crippen LogP contribution in [0.25, 0.3) is 0 Å². The Bertz CT molecular complexity index is 1160. The zero-order chi connectivity index (χ0) is 22.8. The predicted octanol–water partition coefficient (Wildman–Crippen LogP) is 2.71. The van der Waals surface area contributed by atoms with E-state index in [1.807, 2.05) is 0 Å². The number of benzene rings is 2. The van der Waals surface area contributed by atoms with Crippen molar-refractivity contribution in [2.45, 2.75) is 12.0 Å². The number of nitrogens with zero attached hydrogens (tertiary/aromatic N) is 2. The summed E-state index contributed by atoms with van der Waals surface area (Å²) in [4.78, 5) is 44.7. The second kappa shape index (κ2) is 8.50. The average molecular weight is 431 g/mol. The average Bonchev–Trinajstić information content (AvgIpc) is 3.07. The third-order valence-corrected chi connectivity index (χ3v) is 5.48. The Labute approximate surface area is 184 Å². The number of fused-ring (bicyclic) bond motifs is 1. The number of rotatable bonds is 7. The molecule has 8 heteroatoms. The molecule has 0 bridgehead atoms. The zero-order valence-electron chi connectivity index (χ0n) is 17.5. The molecule has 1 aliphatic heterocycles. The zero-order valence-corrected chi connectivity index (χ0v) is 17.5. The molecule has 2 aromatic carbocycles. The van der Waals surface area contributed by atoms with Gasteiger partial charge in [0.15, 0.2) is 11.5 Å². The summed E-state index contributed by atoms with van der Waals surface area (Å²) in [5.74, 6) is -1.97. The third kappa shape index (κ3) is 3.45. The first-order valence-electron chi connectivity index (χ1n) is 9.87. The number of carbonyl (C=O) groups is 3. The lowest BCUT2D eigenvalue weighted by Gasteiger charge is -2.32. The monoisotopic (exact) mass is 431 g/mol. The Hall–Kier alpha value is -4.20. The Morgan fingerprint density at radius 1 is 0.906 bits per heavy atom. The van der Waals surface area contributed by atoms with Crippen molar-refractivity contribution in [2.24, 2.45) is 5.73 Å². The molecule has 8 nitrogen and oxygen atoms in total. The lowest BCUT2D eigenvalue weighted by atomic mass is 9.87. The Morgan fingerprint density at radius 2 is 1.53 bits per heavy atom. The van der Waals surface area contributed by atoms with Crippen molar-refractivity contribution in [1.82, 2.24) is 9.88 Å². The van der Waals surface area contributed by atoms with Gasteiger partial charge in [0.25, 0.3) is 11.8 Å². The van der Waals surface area contributed by atoms with Crippen LogP contribution >= 0.6 is 0 Å². The van der Waals surface area contributed by atoms with Gasteiger partial charge in [-0.05, 0) is 42.0 Å². The van der Waals surface area contributed by atoms with Gasteiger partial charge in [-0.3, -0.25) is 24.3 Å². The minimum absolute atomic E-state index is 0.271. The number of imide groups is 1. The number of pyridine rings is 1. The largest absolute Gasteiger partial charge is 0.493 e. The first kappa shape index (κ1) is 21.0. The second-order valence-corrected chi connectivity index (χ2v) is 7.22. The molecule has 2 atom stereocenters. The quantitative estimate of drug-likeness (QED) is 0.576. The first-order chi connectivity index (χ1) is 15.5. The number of hydrogen-bond acceptors (Lipinski definition) is 6. The number of carbonyl (C=O) groups excluding carboxylic acids is 3. The molecule has 1 aliphatic rings. The molecule has 0 fully saturated rings. The fourth-order valence-electron chi connectivity index (χ4n) is 4.01. The Morgan fingerprint density at radius 3 is 2.06 bits per heavy atom. The van der Waals surface area contributed by atoms with Crippen LogP contribution in [0.5, 0.6) is 11.5 Å². The van der Waals surface area contributed by atoms with Crippen LogP contribution in [0.4, 0.5) is 0 Å². The maximum atomic E-state index is 13.3. The molecule has 2 unspecified atom stereocenters. The molecule has 0 aliphatic carbocycles. The van der Waals surface area contributed by atoms with Gasteiger partial charge in [-0.1, -0.05) is 24.3 Å². The highest BCUT2D eigenvalue weighted by molar-refractivity contribution is 6.21. The summed E-state index contributed by atoms with van der Waals surface area (Å²) < 4.78 is 10.7. The molecule has 0 saturated heterocycles. The van der Waals surface area contributed by atoms with Crippen LogP contribution in [0.3, 0.4) is 0 Å². The number of ether oxygens (including phenoxy) is 2. The van der Waals surface area contributed by atoms with Crippen molar-refractivity contribution < 1.29 is 23.9 Å². The van der Waals surface area contributed by atoms with Crippen molar-refractivity contribution in [3.05, 3.63) is 89.2 Å². The van der Waals surface area contributed by atoms with Crippen LogP contribution in [-0.4, -0.2) is 41.8 Å². The third-order valence-electron chi connectivity index (χ3n) is 5.48. The van der Waals surface area contributed by atoms with Crippen molar-refractivity contribution in [2.75, 3.05) is 14.2 Å². The summed E-state index contributed by atoms with van der Waals surface area (Å²) >= 11 is 0. The predicted molar refractivity (Wildman–Crippen MR) is 115 cm³/mol. The van der Waals surface area contributed by atoms with E-state index in [4.69, 9.17) is 15.2 Å². The van der Waals surface area contributed by atoms with E-state index in [0.717, 1.165) is 4.90 Å². The Balaban J connectivity index is 1.93. The molecule has 0 spiro atoms. The van der Waals surface area contributed by atoms with Gasteiger partial charge in [-0.15, -0.1) is 0 Å². The lowest BCUT2D eigenvalue weighted by Crippen LogP contribution is -2.41. The van der Waals surface area contributed by atoms with E-state index >= 15 is 0 Å². The highest BCUT2D eigenvalue weighted by Crippen LogP contribution is 2.42. The number of amides is 3. The summed E-state index contributed by atoms with van der Waals surface area (Å²) in [6.07, 6.45) is 1.53. The molecule has 162 valence electrons. The van der Waals surface area contributed by atoms with E-state index in [1.54, 1.807) is 60.7 Å². The van der Waals surface area contributed by atoms with Crippen molar-refractivity contribution in [3.63, 3.8) is 0 Å². The standard InChI is InChI=1S/C24H21N3O5/c1-31-18-11-10-14(13-19(18)32-2)21(20(22(25)28)17-9-5-6-12-26-17)27-23(29)15-7-3-4-8-16(15)24(27)30/h3-13,20-21H,1-2H3,(H2,25,28). The fourth-order valence-corrected chi connectivity index (χ4v) is 4.01. The fraction of sp³-hybridized carbons (Fsp3) is 0.167. The maximum Gasteiger partial charge on any atom is 0.262 e. The normalized spacial score (nSPS) is 14.6. The minimum Gasteiger partial charge on any atom is -0.493 e. The van der Waals surface area contributed by atoms with Gasteiger partial charge in [0.2, 0.25) is 5.91 Å². The number of aromatic nitrogens is 1. The number of hydrogen-bond donors (Lipinski definition) is 1. The molecular formula is C24H21N3O5. The molecule has 2 N–H and O–H groups in total. The van der Waals surface area contributed by atoms with Crippen LogP contribution in [0.2, 0.25) is 0 Å². The van der Waals surface area contributed by atoms with E-state index in [2.05, 4.69) is 4.98 Å². The Kier molecular flexibility index (Phi) is 5.59. The molecule has 0 radical (unpaired) electrons.